The molecule has 5 heteroatoms. The number of hydrogen-bond donors (Lipinski definition) is 1. The van der Waals surface area contributed by atoms with Crippen molar-refractivity contribution in [1.82, 2.24) is 4.98 Å². The molecule has 1 aromatic heterocycles. The van der Waals surface area contributed by atoms with E-state index in [1.54, 1.807) is 26.0 Å². The first-order valence-corrected chi connectivity index (χ1v) is 4.58. The molecule has 0 amide bonds. The van der Waals surface area contributed by atoms with Gasteiger partial charge in [0.15, 0.2) is 0 Å². The molecule has 0 bridgehead atoms. The van der Waals surface area contributed by atoms with Gasteiger partial charge in [-0.25, -0.2) is 4.98 Å². The second-order valence-electron chi connectivity index (χ2n) is 3.35. The number of alkyl halides is 2. The monoisotopic (exact) mass is 217 g/mol. The van der Waals surface area contributed by atoms with Crippen LogP contribution in [0.4, 0.5) is 8.78 Å². The first kappa shape index (κ1) is 11.8. The molecular weight excluding hydrogens is 204 g/mol. The molecule has 0 saturated carbocycles. The third-order valence-corrected chi connectivity index (χ3v) is 1.79. The maximum atomic E-state index is 12.0. The second-order valence-corrected chi connectivity index (χ2v) is 3.35. The molecule has 0 fully saturated rings. The minimum atomic E-state index is -2.90. The molecule has 0 spiro atoms. The molecule has 15 heavy (non-hydrogen) atoms. The van der Waals surface area contributed by atoms with Crippen LogP contribution in [0.1, 0.15) is 18.2 Å². The maximum absolute atomic E-state index is 12.0. The van der Waals surface area contributed by atoms with E-state index in [0.29, 0.717) is 11.3 Å². The van der Waals surface area contributed by atoms with Crippen molar-refractivity contribution >= 4 is 0 Å². The standard InChI is InChI=1S/C10H13F2NO2/c1-6-3-4-8(5-7(2)14)9(13-6)15-10(11)12/h3-4,7,10,14H,5H2,1-2H3/t7-/m0/s1. The zero-order valence-corrected chi connectivity index (χ0v) is 8.58. The van der Waals surface area contributed by atoms with Crippen LogP contribution < -0.4 is 4.74 Å². The van der Waals surface area contributed by atoms with Gasteiger partial charge in [-0.3, -0.25) is 0 Å². The summed E-state index contributed by atoms with van der Waals surface area (Å²) in [6.07, 6.45) is -0.371. The van der Waals surface area contributed by atoms with E-state index in [0.717, 1.165) is 0 Å². The number of nitrogens with zero attached hydrogens (tertiary/aromatic N) is 1. The number of aryl methyl sites for hydroxylation is 1. The lowest BCUT2D eigenvalue weighted by atomic mass is 10.1. The van der Waals surface area contributed by atoms with Gasteiger partial charge in [-0.15, -0.1) is 0 Å². The Morgan fingerprint density at radius 3 is 2.67 bits per heavy atom. The van der Waals surface area contributed by atoms with E-state index in [9.17, 15) is 8.78 Å². The molecule has 0 radical (unpaired) electrons. The lowest BCUT2D eigenvalue weighted by Gasteiger charge is -2.11. The molecule has 1 heterocycles. The summed E-state index contributed by atoms with van der Waals surface area (Å²) >= 11 is 0. The normalized spacial score (nSPS) is 12.9. The molecular formula is C10H13F2NO2. The molecule has 0 aromatic carbocycles. The smallest absolute Gasteiger partial charge is 0.388 e. The third-order valence-electron chi connectivity index (χ3n) is 1.79. The summed E-state index contributed by atoms with van der Waals surface area (Å²) < 4.78 is 28.4. The van der Waals surface area contributed by atoms with Crippen LogP contribution in [0.2, 0.25) is 0 Å². The lowest BCUT2D eigenvalue weighted by molar-refractivity contribution is -0.0538. The summed E-state index contributed by atoms with van der Waals surface area (Å²) in [5.74, 6) is -0.106. The van der Waals surface area contributed by atoms with Crippen molar-refractivity contribution in [2.75, 3.05) is 0 Å². The van der Waals surface area contributed by atoms with Gasteiger partial charge >= 0.3 is 6.61 Å². The largest absolute Gasteiger partial charge is 0.417 e. The number of rotatable bonds is 4. The Hall–Kier alpha value is -1.23. The van der Waals surface area contributed by atoms with E-state index in [1.165, 1.54) is 0 Å². The van der Waals surface area contributed by atoms with Gasteiger partial charge in [0.25, 0.3) is 0 Å². The first-order valence-electron chi connectivity index (χ1n) is 4.58. The summed E-state index contributed by atoms with van der Waals surface area (Å²) in [6.45, 7) is 0.364. The Bertz CT molecular complexity index is 329. The van der Waals surface area contributed by atoms with E-state index in [1.807, 2.05) is 0 Å². The number of halogens is 2. The van der Waals surface area contributed by atoms with Gasteiger partial charge in [0.05, 0.1) is 6.10 Å². The van der Waals surface area contributed by atoms with Crippen LogP contribution in [-0.4, -0.2) is 22.8 Å². The Kier molecular flexibility index (Phi) is 3.96. The minimum absolute atomic E-state index is 0.106. The fraction of sp³-hybridized carbons (Fsp3) is 0.500. The van der Waals surface area contributed by atoms with Crippen molar-refractivity contribution < 1.29 is 18.6 Å². The van der Waals surface area contributed by atoms with Crippen molar-refractivity contribution in [1.29, 1.82) is 0 Å². The zero-order valence-electron chi connectivity index (χ0n) is 8.58. The van der Waals surface area contributed by atoms with Crippen molar-refractivity contribution in [3.63, 3.8) is 0 Å². The van der Waals surface area contributed by atoms with Crippen molar-refractivity contribution in [3.8, 4) is 5.88 Å². The van der Waals surface area contributed by atoms with Gasteiger partial charge in [-0.2, -0.15) is 8.78 Å². The summed E-state index contributed by atoms with van der Waals surface area (Å²) in [6, 6.07) is 3.32. The highest BCUT2D eigenvalue weighted by Crippen LogP contribution is 2.19. The van der Waals surface area contributed by atoms with E-state index in [4.69, 9.17) is 5.11 Å². The van der Waals surface area contributed by atoms with Crippen LogP contribution in [0, 0.1) is 6.92 Å². The molecule has 0 unspecified atom stereocenters. The minimum Gasteiger partial charge on any atom is -0.417 e. The van der Waals surface area contributed by atoms with Crippen LogP contribution in [-0.2, 0) is 6.42 Å². The fourth-order valence-corrected chi connectivity index (χ4v) is 1.22. The predicted octanol–water partition coefficient (Wildman–Crippen LogP) is 1.91. The van der Waals surface area contributed by atoms with Crippen molar-refractivity contribution in [2.24, 2.45) is 0 Å². The lowest BCUT2D eigenvalue weighted by Crippen LogP contribution is -2.11. The SMILES string of the molecule is Cc1ccc(C[C@H](C)O)c(OC(F)F)n1. The number of ether oxygens (including phenoxy) is 1. The third kappa shape index (κ3) is 3.79. The quantitative estimate of drug-likeness (QED) is 0.837. The second kappa shape index (κ2) is 5.02. The molecule has 1 aromatic rings. The van der Waals surface area contributed by atoms with Gasteiger partial charge in [-0.1, -0.05) is 6.07 Å². The Morgan fingerprint density at radius 2 is 2.13 bits per heavy atom. The molecule has 0 saturated heterocycles. The fourth-order valence-electron chi connectivity index (χ4n) is 1.22. The van der Waals surface area contributed by atoms with Crippen LogP contribution in [0.25, 0.3) is 0 Å². The van der Waals surface area contributed by atoms with E-state index >= 15 is 0 Å². The van der Waals surface area contributed by atoms with Crippen molar-refractivity contribution in [2.45, 2.75) is 33.0 Å². The Labute approximate surface area is 86.7 Å². The van der Waals surface area contributed by atoms with Gasteiger partial charge < -0.3 is 9.84 Å². The highest BCUT2D eigenvalue weighted by molar-refractivity contribution is 5.28. The van der Waals surface area contributed by atoms with Crippen molar-refractivity contribution in [3.05, 3.63) is 23.4 Å². The average Bonchev–Trinajstić information content (AvgIpc) is 2.08. The molecule has 0 aliphatic heterocycles. The molecule has 0 aliphatic rings. The van der Waals surface area contributed by atoms with E-state index in [2.05, 4.69) is 9.72 Å². The Balaban J connectivity index is 2.92. The van der Waals surface area contributed by atoms with Crippen LogP contribution in [0.3, 0.4) is 0 Å². The topological polar surface area (TPSA) is 42.4 Å². The van der Waals surface area contributed by atoms with E-state index in [-0.39, 0.29) is 12.3 Å². The van der Waals surface area contributed by atoms with Crippen LogP contribution in [0.5, 0.6) is 5.88 Å². The summed E-state index contributed by atoms with van der Waals surface area (Å²) in [5.41, 5.74) is 1.08. The van der Waals surface area contributed by atoms with E-state index < -0.39 is 12.7 Å². The van der Waals surface area contributed by atoms with Crippen LogP contribution in [0.15, 0.2) is 12.1 Å². The molecule has 3 nitrogen and oxygen atoms in total. The molecule has 0 aliphatic carbocycles. The van der Waals surface area contributed by atoms with Gasteiger partial charge in [0.2, 0.25) is 5.88 Å². The zero-order chi connectivity index (χ0) is 11.4. The highest BCUT2D eigenvalue weighted by Gasteiger charge is 2.12. The number of aliphatic hydroxyl groups excluding tert-OH is 1. The summed E-state index contributed by atoms with van der Waals surface area (Å²) in [4.78, 5) is 3.85. The first-order chi connectivity index (χ1) is 6.99. The number of pyridine rings is 1. The number of hydrogen-bond acceptors (Lipinski definition) is 3. The van der Waals surface area contributed by atoms with Crippen LogP contribution >= 0.6 is 0 Å². The molecule has 84 valence electrons. The molecule has 1 N–H and O–H groups in total. The highest BCUT2D eigenvalue weighted by atomic mass is 19.3. The van der Waals surface area contributed by atoms with Gasteiger partial charge in [0, 0.05) is 17.7 Å². The summed E-state index contributed by atoms with van der Waals surface area (Å²) in [7, 11) is 0. The molecule has 1 rings (SSSR count). The van der Waals surface area contributed by atoms with Gasteiger partial charge in [0.1, 0.15) is 0 Å². The average molecular weight is 217 g/mol. The predicted molar refractivity (Wildman–Crippen MR) is 51.0 cm³/mol. The maximum Gasteiger partial charge on any atom is 0.388 e. The van der Waals surface area contributed by atoms with Gasteiger partial charge in [-0.05, 0) is 19.9 Å². The molecule has 1 atom stereocenters. The number of aromatic nitrogens is 1. The summed E-state index contributed by atoms with van der Waals surface area (Å²) in [5, 5.41) is 9.16. The number of aliphatic hydroxyl groups is 1. The Morgan fingerprint density at radius 1 is 1.47 bits per heavy atom.